The van der Waals surface area contributed by atoms with E-state index in [4.69, 9.17) is 9.84 Å². The van der Waals surface area contributed by atoms with Crippen molar-refractivity contribution in [2.75, 3.05) is 24.5 Å². The van der Waals surface area contributed by atoms with Gasteiger partial charge in [-0.1, -0.05) is 0 Å². The fourth-order valence-electron chi connectivity index (χ4n) is 2.46. The minimum absolute atomic E-state index is 0.172. The van der Waals surface area contributed by atoms with Gasteiger partial charge in [0, 0.05) is 19.2 Å². The van der Waals surface area contributed by atoms with Crippen LogP contribution in [0.25, 0.3) is 0 Å². The first kappa shape index (κ1) is 17.5. The predicted molar refractivity (Wildman–Crippen MR) is 80.1 cm³/mol. The second kappa shape index (κ2) is 6.54. The van der Waals surface area contributed by atoms with Gasteiger partial charge in [0.1, 0.15) is 11.3 Å². The number of aromatic carboxylic acids is 1. The van der Waals surface area contributed by atoms with E-state index in [-0.39, 0.29) is 36.9 Å². The largest absolute Gasteiger partial charge is 0.477 e. The number of carboxylic acids is 1. The van der Waals surface area contributed by atoms with Gasteiger partial charge in [-0.15, -0.1) is 5.10 Å². The number of amides is 1. The first-order valence-corrected chi connectivity index (χ1v) is 7.29. The predicted octanol–water partition coefficient (Wildman–Crippen LogP) is 1.25. The molecule has 138 valence electrons. The molecule has 9 nitrogen and oxygen atoms in total. The second-order valence-corrected chi connectivity index (χ2v) is 5.33. The van der Waals surface area contributed by atoms with Gasteiger partial charge in [-0.25, -0.2) is 4.79 Å². The molecule has 0 bridgehead atoms. The van der Waals surface area contributed by atoms with Crippen molar-refractivity contribution in [3.8, 4) is 11.6 Å². The lowest BCUT2D eigenvalue weighted by atomic mass is 10.1. The Labute approximate surface area is 143 Å². The summed E-state index contributed by atoms with van der Waals surface area (Å²) in [5.74, 6) is -2.75. The Morgan fingerprint density at radius 2 is 2.12 bits per heavy atom. The quantitative estimate of drug-likeness (QED) is 0.740. The lowest BCUT2D eigenvalue weighted by molar-refractivity contribution is -0.138. The van der Waals surface area contributed by atoms with Gasteiger partial charge in [0.25, 0.3) is 0 Å². The Bertz CT molecular complexity index is 851. The van der Waals surface area contributed by atoms with E-state index < -0.39 is 29.4 Å². The molecule has 26 heavy (non-hydrogen) atoms. The Morgan fingerprint density at radius 1 is 1.35 bits per heavy atom. The number of carbonyl (C=O) groups is 2. The topological polar surface area (TPSA) is 120 Å². The molecule has 1 amide bonds. The summed E-state index contributed by atoms with van der Waals surface area (Å²) in [6.07, 6.45) is -2.94. The molecule has 2 aromatic heterocycles. The lowest BCUT2D eigenvalue weighted by Crippen LogP contribution is -2.48. The number of hydrogen-bond donors (Lipinski definition) is 3. The van der Waals surface area contributed by atoms with Crippen molar-refractivity contribution < 1.29 is 32.6 Å². The first-order chi connectivity index (χ1) is 12.3. The highest BCUT2D eigenvalue weighted by molar-refractivity contribution is 5.85. The maximum atomic E-state index is 13.6. The summed E-state index contributed by atoms with van der Waals surface area (Å²) in [6, 6.07) is 0.948. The summed E-state index contributed by atoms with van der Waals surface area (Å²) in [5.41, 5.74) is -1.77. The molecular weight excluding hydrogens is 359 g/mol. The van der Waals surface area contributed by atoms with E-state index >= 15 is 0 Å². The zero-order chi connectivity index (χ0) is 18.9. The molecule has 0 aliphatic carbocycles. The molecule has 0 saturated carbocycles. The number of ether oxygens (including phenoxy) is 1. The standard InChI is InChI=1S/C14H12F3N5O4/c15-14(16,17)12-8(22-2-1-19-10(23)6-22)4-18-5-9(12)26-11-3-7(13(24)25)20-21-11/h3-5H,1-2,6H2,(H,19,23)(H,20,21)(H,24,25). The molecule has 1 aliphatic heterocycles. The Hall–Kier alpha value is -3.31. The number of alkyl halides is 3. The van der Waals surface area contributed by atoms with Crippen molar-refractivity contribution in [1.82, 2.24) is 20.5 Å². The number of nitrogens with one attached hydrogen (secondary N) is 2. The number of anilines is 1. The van der Waals surface area contributed by atoms with E-state index in [2.05, 4.69) is 20.5 Å². The first-order valence-electron chi connectivity index (χ1n) is 7.29. The maximum absolute atomic E-state index is 13.6. The Balaban J connectivity index is 2.00. The minimum atomic E-state index is -4.80. The molecular formula is C14H12F3N5O4. The van der Waals surface area contributed by atoms with Crippen LogP contribution in [-0.4, -0.2) is 51.8 Å². The smallest absolute Gasteiger partial charge is 0.422 e. The molecule has 0 aromatic carbocycles. The zero-order valence-corrected chi connectivity index (χ0v) is 13.0. The highest BCUT2D eigenvalue weighted by Crippen LogP contribution is 2.43. The van der Waals surface area contributed by atoms with E-state index in [1.54, 1.807) is 0 Å². The van der Waals surface area contributed by atoms with Crippen molar-refractivity contribution in [1.29, 1.82) is 0 Å². The van der Waals surface area contributed by atoms with E-state index in [0.29, 0.717) is 0 Å². The number of piperazine rings is 1. The third-order valence-electron chi connectivity index (χ3n) is 3.55. The molecule has 1 aliphatic rings. The van der Waals surface area contributed by atoms with Gasteiger partial charge in [0.05, 0.1) is 24.6 Å². The van der Waals surface area contributed by atoms with Gasteiger partial charge >= 0.3 is 12.1 Å². The van der Waals surface area contributed by atoms with Crippen LogP contribution < -0.4 is 15.0 Å². The molecule has 12 heteroatoms. The number of aromatic nitrogens is 3. The van der Waals surface area contributed by atoms with Gasteiger partial charge in [-0.05, 0) is 0 Å². The highest BCUT2D eigenvalue weighted by atomic mass is 19.4. The third kappa shape index (κ3) is 3.53. The normalized spacial score (nSPS) is 14.9. The fraction of sp³-hybridized carbons (Fsp3) is 0.286. The van der Waals surface area contributed by atoms with E-state index in [1.807, 2.05) is 0 Å². The van der Waals surface area contributed by atoms with Crippen LogP contribution in [0.5, 0.6) is 11.6 Å². The summed E-state index contributed by atoms with van der Waals surface area (Å²) in [5, 5.41) is 17.0. The third-order valence-corrected chi connectivity index (χ3v) is 3.55. The number of rotatable bonds is 4. The minimum Gasteiger partial charge on any atom is -0.477 e. The molecule has 3 rings (SSSR count). The van der Waals surface area contributed by atoms with Crippen molar-refractivity contribution in [2.24, 2.45) is 0 Å². The molecule has 0 atom stereocenters. The molecule has 2 aromatic rings. The molecule has 1 fully saturated rings. The lowest BCUT2D eigenvalue weighted by Gasteiger charge is -2.30. The van der Waals surface area contributed by atoms with E-state index in [1.165, 1.54) is 4.90 Å². The van der Waals surface area contributed by atoms with Crippen LogP contribution in [0.15, 0.2) is 18.5 Å². The number of pyridine rings is 1. The summed E-state index contributed by atoms with van der Waals surface area (Å²) in [4.78, 5) is 27.3. The number of carbonyl (C=O) groups excluding carboxylic acids is 1. The number of nitrogens with zero attached hydrogens (tertiary/aromatic N) is 3. The molecule has 3 N–H and O–H groups in total. The average Bonchev–Trinajstić information content (AvgIpc) is 3.02. The van der Waals surface area contributed by atoms with Crippen LogP contribution in [-0.2, 0) is 11.0 Å². The van der Waals surface area contributed by atoms with Crippen LogP contribution >= 0.6 is 0 Å². The second-order valence-electron chi connectivity index (χ2n) is 5.33. The van der Waals surface area contributed by atoms with Gasteiger partial charge in [0.15, 0.2) is 5.75 Å². The van der Waals surface area contributed by atoms with Crippen LogP contribution in [0, 0.1) is 0 Å². The van der Waals surface area contributed by atoms with Gasteiger partial charge in [0.2, 0.25) is 11.8 Å². The average molecular weight is 371 g/mol. The van der Waals surface area contributed by atoms with Crippen LogP contribution in [0.3, 0.4) is 0 Å². The number of aromatic amines is 1. The van der Waals surface area contributed by atoms with Crippen molar-refractivity contribution in [3.05, 3.63) is 29.7 Å². The number of carboxylic acid groups (broad SMARTS) is 1. The molecule has 0 unspecified atom stereocenters. The summed E-state index contributed by atoms with van der Waals surface area (Å²) < 4.78 is 46.0. The van der Waals surface area contributed by atoms with Crippen LogP contribution in [0.2, 0.25) is 0 Å². The molecule has 3 heterocycles. The SMILES string of the molecule is O=C1CN(c2cncc(Oc3cc(C(=O)O)[nH]n3)c2C(F)(F)F)CCN1. The molecule has 1 saturated heterocycles. The zero-order valence-electron chi connectivity index (χ0n) is 13.0. The molecule has 0 spiro atoms. The monoisotopic (exact) mass is 371 g/mol. The van der Waals surface area contributed by atoms with E-state index in [0.717, 1.165) is 18.5 Å². The summed E-state index contributed by atoms with van der Waals surface area (Å²) >= 11 is 0. The summed E-state index contributed by atoms with van der Waals surface area (Å²) in [7, 11) is 0. The van der Waals surface area contributed by atoms with E-state index in [9.17, 15) is 22.8 Å². The van der Waals surface area contributed by atoms with Gasteiger partial charge in [-0.2, -0.15) is 13.2 Å². The van der Waals surface area contributed by atoms with Crippen molar-refractivity contribution >= 4 is 17.6 Å². The van der Waals surface area contributed by atoms with Gasteiger partial charge < -0.3 is 20.1 Å². The fourth-order valence-corrected chi connectivity index (χ4v) is 2.46. The van der Waals surface area contributed by atoms with Crippen molar-refractivity contribution in [3.63, 3.8) is 0 Å². The number of hydrogen-bond acceptors (Lipinski definition) is 6. The van der Waals surface area contributed by atoms with Crippen LogP contribution in [0.4, 0.5) is 18.9 Å². The highest BCUT2D eigenvalue weighted by Gasteiger charge is 2.40. The summed E-state index contributed by atoms with van der Waals surface area (Å²) in [6.45, 7) is 0.119. The number of halogens is 3. The van der Waals surface area contributed by atoms with Gasteiger partial charge in [-0.3, -0.25) is 14.9 Å². The Morgan fingerprint density at radius 3 is 2.73 bits per heavy atom. The maximum Gasteiger partial charge on any atom is 0.422 e. The van der Waals surface area contributed by atoms with Crippen molar-refractivity contribution in [2.45, 2.75) is 6.18 Å². The molecule has 0 radical (unpaired) electrons. The Kier molecular flexibility index (Phi) is 4.40. The van der Waals surface area contributed by atoms with Crippen LogP contribution in [0.1, 0.15) is 16.1 Å². The number of H-pyrrole nitrogens is 1.